The Morgan fingerprint density at radius 3 is 2.75 bits per heavy atom. The molecule has 0 fully saturated rings. The third kappa shape index (κ3) is 4.65. The summed E-state index contributed by atoms with van der Waals surface area (Å²) in [6, 6.07) is 4.49. The van der Waals surface area contributed by atoms with Gasteiger partial charge in [0, 0.05) is 27.8 Å². The maximum atomic E-state index is 8.95. The van der Waals surface area contributed by atoms with Crippen LogP contribution >= 0.6 is 27.3 Å². The Kier molecular flexibility index (Phi) is 4.97. The Morgan fingerprint density at radius 1 is 1.56 bits per heavy atom. The van der Waals surface area contributed by atoms with Crippen molar-refractivity contribution in [2.75, 3.05) is 20.1 Å². The van der Waals surface area contributed by atoms with Gasteiger partial charge in [-0.3, -0.25) is 0 Å². The number of hydrogen-bond donors (Lipinski definition) is 0. The van der Waals surface area contributed by atoms with Crippen LogP contribution in [0.3, 0.4) is 0 Å². The third-order valence-electron chi connectivity index (χ3n) is 2.33. The van der Waals surface area contributed by atoms with E-state index in [0.717, 1.165) is 24.0 Å². The van der Waals surface area contributed by atoms with Crippen LogP contribution in [0.4, 0.5) is 0 Å². The standard InChI is InChI=1S/C12H17BrN2S/c1-12(2,8-14)9-15(3)5-4-11-6-10(13)7-16-11/h6-7H,4-5,9H2,1-3H3. The lowest BCUT2D eigenvalue weighted by Gasteiger charge is -2.23. The van der Waals surface area contributed by atoms with Crippen LogP contribution in [0, 0.1) is 16.7 Å². The van der Waals surface area contributed by atoms with Gasteiger partial charge in [0.15, 0.2) is 0 Å². The van der Waals surface area contributed by atoms with Gasteiger partial charge in [-0.2, -0.15) is 5.26 Å². The smallest absolute Gasteiger partial charge is 0.0697 e. The monoisotopic (exact) mass is 300 g/mol. The molecule has 0 saturated carbocycles. The number of hydrogen-bond acceptors (Lipinski definition) is 3. The fourth-order valence-corrected chi connectivity index (χ4v) is 3.02. The maximum Gasteiger partial charge on any atom is 0.0697 e. The van der Waals surface area contributed by atoms with Crippen LogP contribution in [0.15, 0.2) is 15.9 Å². The van der Waals surface area contributed by atoms with Crippen LogP contribution in [0.1, 0.15) is 18.7 Å². The first-order chi connectivity index (χ1) is 7.43. The first kappa shape index (κ1) is 13.7. The van der Waals surface area contributed by atoms with Crippen molar-refractivity contribution < 1.29 is 0 Å². The highest BCUT2D eigenvalue weighted by Gasteiger charge is 2.18. The van der Waals surface area contributed by atoms with Gasteiger partial charge in [-0.1, -0.05) is 0 Å². The summed E-state index contributed by atoms with van der Waals surface area (Å²) in [5.41, 5.74) is -0.259. The number of rotatable bonds is 5. The first-order valence-corrected chi connectivity index (χ1v) is 6.93. The second-order valence-electron chi connectivity index (χ2n) is 4.71. The predicted octanol–water partition coefficient (Wildman–Crippen LogP) is 3.53. The predicted molar refractivity (Wildman–Crippen MR) is 72.6 cm³/mol. The summed E-state index contributed by atoms with van der Waals surface area (Å²) in [6.45, 7) is 5.77. The third-order valence-corrected chi connectivity index (χ3v) is 4.09. The Hall–Kier alpha value is -0.370. The van der Waals surface area contributed by atoms with Crippen LogP contribution in [0.25, 0.3) is 0 Å². The molecule has 0 aliphatic rings. The summed E-state index contributed by atoms with van der Waals surface area (Å²) in [5, 5.41) is 11.1. The lowest BCUT2D eigenvalue weighted by atomic mass is 9.95. The molecule has 0 N–H and O–H groups in total. The first-order valence-electron chi connectivity index (χ1n) is 5.26. The largest absolute Gasteiger partial charge is 0.304 e. The summed E-state index contributed by atoms with van der Waals surface area (Å²) in [6.07, 6.45) is 1.05. The van der Waals surface area contributed by atoms with Gasteiger partial charge in [0.2, 0.25) is 0 Å². The highest BCUT2D eigenvalue weighted by Crippen LogP contribution is 2.21. The van der Waals surface area contributed by atoms with E-state index in [-0.39, 0.29) is 5.41 Å². The molecule has 0 aromatic carbocycles. The summed E-state index contributed by atoms with van der Waals surface area (Å²) >= 11 is 5.23. The molecule has 0 amide bonds. The lowest BCUT2D eigenvalue weighted by Crippen LogP contribution is -2.31. The molecule has 0 radical (unpaired) electrons. The van der Waals surface area contributed by atoms with E-state index in [4.69, 9.17) is 5.26 Å². The normalized spacial score (nSPS) is 11.8. The summed E-state index contributed by atoms with van der Waals surface area (Å²) in [5.74, 6) is 0. The Labute approximate surface area is 110 Å². The van der Waals surface area contributed by atoms with Crippen molar-refractivity contribution >= 4 is 27.3 Å². The molecule has 88 valence electrons. The van der Waals surface area contributed by atoms with Gasteiger partial charge in [0.05, 0.1) is 11.5 Å². The van der Waals surface area contributed by atoms with Crippen molar-refractivity contribution in [3.05, 3.63) is 20.8 Å². The zero-order valence-electron chi connectivity index (χ0n) is 9.96. The SMILES string of the molecule is CN(CCc1cc(Br)cs1)CC(C)(C)C#N. The zero-order chi connectivity index (χ0) is 12.2. The van der Waals surface area contributed by atoms with E-state index >= 15 is 0 Å². The second kappa shape index (κ2) is 5.81. The molecule has 16 heavy (non-hydrogen) atoms. The molecule has 0 atom stereocenters. The number of nitriles is 1. The minimum Gasteiger partial charge on any atom is -0.304 e. The van der Waals surface area contributed by atoms with Crippen molar-refractivity contribution in [2.45, 2.75) is 20.3 Å². The van der Waals surface area contributed by atoms with Crippen LogP contribution in [-0.2, 0) is 6.42 Å². The van der Waals surface area contributed by atoms with Crippen molar-refractivity contribution in [3.63, 3.8) is 0 Å². The molecule has 1 aromatic rings. The van der Waals surface area contributed by atoms with Gasteiger partial charge in [-0.15, -0.1) is 11.3 Å². The number of thiophene rings is 1. The molecule has 1 rings (SSSR count). The maximum absolute atomic E-state index is 8.95. The van der Waals surface area contributed by atoms with Crippen molar-refractivity contribution in [2.24, 2.45) is 5.41 Å². The topological polar surface area (TPSA) is 27.0 Å². The van der Waals surface area contributed by atoms with E-state index < -0.39 is 0 Å². The molecule has 0 saturated heterocycles. The molecule has 2 nitrogen and oxygen atoms in total. The molecular weight excluding hydrogens is 284 g/mol. The summed E-state index contributed by atoms with van der Waals surface area (Å²) < 4.78 is 1.16. The van der Waals surface area contributed by atoms with Crippen molar-refractivity contribution in [3.8, 4) is 6.07 Å². The van der Waals surface area contributed by atoms with Crippen molar-refractivity contribution in [1.82, 2.24) is 4.90 Å². The minimum absolute atomic E-state index is 0.259. The average Bonchev–Trinajstić information content (AvgIpc) is 2.61. The van der Waals surface area contributed by atoms with E-state index in [1.165, 1.54) is 4.88 Å². The van der Waals surface area contributed by atoms with Gasteiger partial charge in [-0.05, 0) is 49.3 Å². The Balaban J connectivity index is 2.36. The van der Waals surface area contributed by atoms with E-state index in [1.54, 1.807) is 11.3 Å². The quantitative estimate of drug-likeness (QED) is 0.832. The van der Waals surface area contributed by atoms with Crippen LogP contribution in [0.2, 0.25) is 0 Å². The van der Waals surface area contributed by atoms with Crippen LogP contribution < -0.4 is 0 Å². The second-order valence-corrected chi connectivity index (χ2v) is 6.63. The molecule has 1 heterocycles. The fourth-order valence-electron chi connectivity index (χ4n) is 1.58. The number of likely N-dealkylation sites (N-methyl/N-ethyl adjacent to an activating group) is 1. The van der Waals surface area contributed by atoms with Crippen LogP contribution in [0.5, 0.6) is 0 Å². The van der Waals surface area contributed by atoms with Crippen LogP contribution in [-0.4, -0.2) is 25.0 Å². The highest BCUT2D eigenvalue weighted by atomic mass is 79.9. The molecule has 0 spiro atoms. The van der Waals surface area contributed by atoms with E-state index in [2.05, 4.69) is 45.4 Å². The number of halogens is 1. The molecular formula is C12H17BrN2S. The molecule has 0 aliphatic carbocycles. The summed E-state index contributed by atoms with van der Waals surface area (Å²) in [7, 11) is 2.07. The van der Waals surface area contributed by atoms with Gasteiger partial charge in [0.1, 0.15) is 0 Å². The van der Waals surface area contributed by atoms with E-state index in [0.29, 0.717) is 0 Å². The van der Waals surface area contributed by atoms with E-state index in [1.807, 2.05) is 13.8 Å². The fraction of sp³-hybridized carbons (Fsp3) is 0.583. The Morgan fingerprint density at radius 2 is 2.25 bits per heavy atom. The highest BCUT2D eigenvalue weighted by molar-refractivity contribution is 9.10. The molecule has 4 heteroatoms. The summed E-state index contributed by atoms with van der Waals surface area (Å²) in [4.78, 5) is 3.60. The van der Waals surface area contributed by atoms with Gasteiger partial charge >= 0.3 is 0 Å². The van der Waals surface area contributed by atoms with E-state index in [9.17, 15) is 0 Å². The zero-order valence-corrected chi connectivity index (χ0v) is 12.4. The molecule has 0 aliphatic heterocycles. The van der Waals surface area contributed by atoms with Crippen molar-refractivity contribution in [1.29, 1.82) is 5.26 Å². The molecule has 0 unspecified atom stereocenters. The van der Waals surface area contributed by atoms with Gasteiger partial charge in [0.25, 0.3) is 0 Å². The van der Waals surface area contributed by atoms with Gasteiger partial charge < -0.3 is 4.90 Å². The number of nitrogens with zero attached hydrogens (tertiary/aromatic N) is 2. The average molecular weight is 301 g/mol. The lowest BCUT2D eigenvalue weighted by molar-refractivity contribution is 0.258. The Bertz CT molecular complexity index is 379. The van der Waals surface area contributed by atoms with Gasteiger partial charge in [-0.25, -0.2) is 0 Å². The molecule has 1 aromatic heterocycles. The minimum atomic E-state index is -0.259. The molecule has 0 bridgehead atoms.